The number of benzene rings is 3. The van der Waals surface area contributed by atoms with Gasteiger partial charge in [0.2, 0.25) is 5.91 Å². The maximum absolute atomic E-state index is 13.3. The van der Waals surface area contributed by atoms with Gasteiger partial charge in [-0.05, 0) is 35.9 Å². The van der Waals surface area contributed by atoms with Gasteiger partial charge in [0, 0.05) is 11.3 Å². The van der Waals surface area contributed by atoms with E-state index in [1.165, 1.54) is 18.2 Å². The molecule has 5 heteroatoms. The molecule has 3 aromatic rings. The molecule has 0 aliphatic heterocycles. The van der Waals surface area contributed by atoms with Crippen LogP contribution in [0, 0.1) is 5.82 Å². The first kappa shape index (κ1) is 18.3. The summed E-state index contributed by atoms with van der Waals surface area (Å²) in [5.74, 6) is -1.00. The topological polar surface area (TPSA) is 58.2 Å². The van der Waals surface area contributed by atoms with Crippen LogP contribution >= 0.6 is 0 Å². The largest absolute Gasteiger partial charge is 0.345 e. The van der Waals surface area contributed by atoms with Gasteiger partial charge in [-0.25, -0.2) is 4.39 Å². The molecule has 2 N–H and O–H groups in total. The number of halogens is 1. The van der Waals surface area contributed by atoms with Crippen LogP contribution < -0.4 is 10.6 Å². The number of hydrogen-bond donors (Lipinski definition) is 2. The molecule has 1 atom stereocenters. The SMILES string of the molecule is O=C(C[C@@H](NC(=O)c1ccccc1)c1ccccc1)Nc1cccc(F)c1. The quantitative estimate of drug-likeness (QED) is 0.686. The second kappa shape index (κ2) is 8.76. The Bertz CT molecular complexity index is 914. The van der Waals surface area contributed by atoms with Crippen molar-refractivity contribution < 1.29 is 14.0 Å². The van der Waals surface area contributed by atoms with Crippen LogP contribution in [0.4, 0.5) is 10.1 Å². The predicted molar refractivity (Wildman–Crippen MR) is 103 cm³/mol. The highest BCUT2D eigenvalue weighted by molar-refractivity contribution is 5.95. The first-order valence-electron chi connectivity index (χ1n) is 8.58. The van der Waals surface area contributed by atoms with Crippen molar-refractivity contribution in [3.8, 4) is 0 Å². The minimum atomic E-state index is -0.507. The summed E-state index contributed by atoms with van der Waals surface area (Å²) in [6.45, 7) is 0. The Morgan fingerprint density at radius 3 is 2.19 bits per heavy atom. The number of amides is 2. The van der Waals surface area contributed by atoms with Crippen molar-refractivity contribution in [2.24, 2.45) is 0 Å². The molecule has 0 unspecified atom stereocenters. The van der Waals surface area contributed by atoms with E-state index in [0.29, 0.717) is 11.3 Å². The Labute approximate surface area is 157 Å². The van der Waals surface area contributed by atoms with E-state index in [-0.39, 0.29) is 18.2 Å². The van der Waals surface area contributed by atoms with Crippen LogP contribution in [0.5, 0.6) is 0 Å². The van der Waals surface area contributed by atoms with Crippen LogP contribution in [0.15, 0.2) is 84.9 Å². The van der Waals surface area contributed by atoms with Gasteiger partial charge in [0.15, 0.2) is 0 Å². The Morgan fingerprint density at radius 1 is 0.852 bits per heavy atom. The Kier molecular flexibility index (Phi) is 5.94. The molecule has 0 heterocycles. The average molecular weight is 362 g/mol. The maximum Gasteiger partial charge on any atom is 0.251 e. The van der Waals surface area contributed by atoms with E-state index in [0.717, 1.165) is 5.56 Å². The van der Waals surface area contributed by atoms with Crippen LogP contribution in [0.25, 0.3) is 0 Å². The van der Waals surface area contributed by atoms with E-state index < -0.39 is 11.9 Å². The molecule has 0 bridgehead atoms. The summed E-state index contributed by atoms with van der Waals surface area (Å²) in [6, 6.07) is 23.3. The van der Waals surface area contributed by atoms with E-state index >= 15 is 0 Å². The predicted octanol–water partition coefficient (Wildman–Crippen LogP) is 4.33. The van der Waals surface area contributed by atoms with Crippen LogP contribution in [0.2, 0.25) is 0 Å². The molecule has 0 aliphatic rings. The number of hydrogen-bond acceptors (Lipinski definition) is 2. The second-order valence-corrected chi connectivity index (χ2v) is 6.07. The molecule has 136 valence electrons. The highest BCUT2D eigenvalue weighted by atomic mass is 19.1. The molecule has 2 amide bonds. The smallest absolute Gasteiger partial charge is 0.251 e. The lowest BCUT2D eigenvalue weighted by atomic mass is 10.0. The lowest BCUT2D eigenvalue weighted by Crippen LogP contribution is -2.31. The van der Waals surface area contributed by atoms with Gasteiger partial charge in [0.1, 0.15) is 5.82 Å². The molecule has 0 fully saturated rings. The van der Waals surface area contributed by atoms with E-state index in [9.17, 15) is 14.0 Å². The zero-order valence-electron chi connectivity index (χ0n) is 14.6. The molecule has 3 rings (SSSR count). The fraction of sp³-hybridized carbons (Fsp3) is 0.0909. The van der Waals surface area contributed by atoms with Gasteiger partial charge in [-0.15, -0.1) is 0 Å². The molecule has 4 nitrogen and oxygen atoms in total. The minimum absolute atomic E-state index is 0.0269. The van der Waals surface area contributed by atoms with Crippen molar-refractivity contribution in [2.45, 2.75) is 12.5 Å². The Morgan fingerprint density at radius 2 is 1.52 bits per heavy atom. The summed E-state index contributed by atoms with van der Waals surface area (Å²) >= 11 is 0. The van der Waals surface area contributed by atoms with Gasteiger partial charge < -0.3 is 10.6 Å². The Balaban J connectivity index is 1.74. The molecular weight excluding hydrogens is 343 g/mol. The minimum Gasteiger partial charge on any atom is -0.345 e. The van der Waals surface area contributed by atoms with Crippen LogP contribution in [0.1, 0.15) is 28.4 Å². The molecule has 0 saturated carbocycles. The molecule has 3 aromatic carbocycles. The lowest BCUT2D eigenvalue weighted by molar-refractivity contribution is -0.116. The summed E-state index contributed by atoms with van der Waals surface area (Å²) < 4.78 is 13.3. The number of carbonyl (C=O) groups is 2. The van der Waals surface area contributed by atoms with Crippen LogP contribution in [-0.2, 0) is 4.79 Å². The summed E-state index contributed by atoms with van der Waals surface area (Å²) in [4.78, 5) is 25.0. The molecule has 0 radical (unpaired) electrons. The summed E-state index contributed by atoms with van der Waals surface area (Å²) in [6.07, 6.45) is 0.0269. The lowest BCUT2D eigenvalue weighted by Gasteiger charge is -2.19. The van der Waals surface area contributed by atoms with Crippen LogP contribution in [0.3, 0.4) is 0 Å². The normalized spacial score (nSPS) is 11.4. The number of anilines is 1. The summed E-state index contributed by atoms with van der Waals surface area (Å²) in [5, 5.41) is 5.57. The molecule has 27 heavy (non-hydrogen) atoms. The standard InChI is InChI=1S/C22H19FN2O2/c23-18-12-7-13-19(14-18)24-21(26)15-20(16-8-3-1-4-9-16)25-22(27)17-10-5-2-6-11-17/h1-14,20H,15H2,(H,24,26)(H,25,27)/t20-/m1/s1. The fourth-order valence-corrected chi connectivity index (χ4v) is 2.73. The number of nitrogens with one attached hydrogen (secondary N) is 2. The van der Waals surface area contributed by atoms with Gasteiger partial charge >= 0.3 is 0 Å². The van der Waals surface area contributed by atoms with E-state index in [1.807, 2.05) is 36.4 Å². The zero-order valence-corrected chi connectivity index (χ0v) is 14.6. The van der Waals surface area contributed by atoms with E-state index in [4.69, 9.17) is 0 Å². The van der Waals surface area contributed by atoms with E-state index in [1.54, 1.807) is 30.3 Å². The summed E-state index contributed by atoms with van der Waals surface area (Å²) in [5.41, 5.74) is 1.71. The number of rotatable bonds is 6. The van der Waals surface area contributed by atoms with E-state index in [2.05, 4.69) is 10.6 Å². The highest BCUT2D eigenvalue weighted by Crippen LogP contribution is 2.19. The first-order chi connectivity index (χ1) is 13.1. The van der Waals surface area contributed by atoms with Crippen molar-refractivity contribution in [1.82, 2.24) is 5.32 Å². The van der Waals surface area contributed by atoms with Crippen molar-refractivity contribution in [3.05, 3.63) is 102 Å². The monoisotopic (exact) mass is 362 g/mol. The fourth-order valence-electron chi connectivity index (χ4n) is 2.73. The molecular formula is C22H19FN2O2. The third kappa shape index (κ3) is 5.25. The molecule has 0 aliphatic carbocycles. The first-order valence-corrected chi connectivity index (χ1v) is 8.58. The van der Waals surface area contributed by atoms with Crippen LogP contribution in [-0.4, -0.2) is 11.8 Å². The van der Waals surface area contributed by atoms with Gasteiger partial charge in [-0.1, -0.05) is 54.6 Å². The second-order valence-electron chi connectivity index (χ2n) is 6.07. The van der Waals surface area contributed by atoms with Crippen molar-refractivity contribution in [2.75, 3.05) is 5.32 Å². The van der Waals surface area contributed by atoms with Crippen molar-refractivity contribution in [1.29, 1.82) is 0 Å². The molecule has 0 aromatic heterocycles. The highest BCUT2D eigenvalue weighted by Gasteiger charge is 2.19. The van der Waals surface area contributed by atoms with Gasteiger partial charge in [-0.3, -0.25) is 9.59 Å². The summed E-state index contributed by atoms with van der Waals surface area (Å²) in [7, 11) is 0. The van der Waals surface area contributed by atoms with Crippen molar-refractivity contribution in [3.63, 3.8) is 0 Å². The average Bonchev–Trinajstić information content (AvgIpc) is 2.69. The zero-order chi connectivity index (χ0) is 19.1. The maximum atomic E-state index is 13.3. The van der Waals surface area contributed by atoms with Gasteiger partial charge in [0.05, 0.1) is 12.5 Å². The Hall–Kier alpha value is -3.47. The van der Waals surface area contributed by atoms with Gasteiger partial charge in [0.25, 0.3) is 5.91 Å². The van der Waals surface area contributed by atoms with Gasteiger partial charge in [-0.2, -0.15) is 0 Å². The van der Waals surface area contributed by atoms with Crippen molar-refractivity contribution >= 4 is 17.5 Å². The third-order valence-electron chi connectivity index (χ3n) is 4.04. The molecule has 0 spiro atoms. The molecule has 0 saturated heterocycles. The third-order valence-corrected chi connectivity index (χ3v) is 4.04. The number of carbonyl (C=O) groups excluding carboxylic acids is 2.